The summed E-state index contributed by atoms with van der Waals surface area (Å²) in [7, 11) is 0. The predicted molar refractivity (Wildman–Crippen MR) is 99.6 cm³/mol. The summed E-state index contributed by atoms with van der Waals surface area (Å²) in [6, 6.07) is 12.9. The lowest BCUT2D eigenvalue weighted by Gasteiger charge is -2.11. The van der Waals surface area contributed by atoms with E-state index in [0.29, 0.717) is 24.0 Å². The summed E-state index contributed by atoms with van der Waals surface area (Å²) in [5.74, 6) is 0.688. The van der Waals surface area contributed by atoms with Crippen LogP contribution in [0.3, 0.4) is 0 Å². The van der Waals surface area contributed by atoms with Crippen LogP contribution in [-0.4, -0.2) is 27.9 Å². The number of hydrogen-bond donors (Lipinski definition) is 2. The average molecular weight is 389 g/mol. The number of nitrogens with one attached hydrogen (secondary N) is 2. The van der Waals surface area contributed by atoms with Gasteiger partial charge < -0.3 is 15.4 Å². The van der Waals surface area contributed by atoms with Gasteiger partial charge in [0.25, 0.3) is 0 Å². The standard InChI is InChI=1S/C19H18F3N5O/c1-13-12-17(24-11-9-14-4-2-3-10-23-14)27-18(25-13)26-15-5-7-16(8-6-15)28-19(20,21)22/h2-8,10,12H,9,11H2,1H3,(H2,24,25,26,27). The minimum absolute atomic E-state index is 0.292. The zero-order valence-corrected chi connectivity index (χ0v) is 15.0. The molecule has 6 nitrogen and oxygen atoms in total. The van der Waals surface area contributed by atoms with Gasteiger partial charge in [0.1, 0.15) is 11.6 Å². The Hall–Kier alpha value is -3.36. The van der Waals surface area contributed by atoms with E-state index in [9.17, 15) is 13.2 Å². The first-order valence-corrected chi connectivity index (χ1v) is 8.50. The highest BCUT2D eigenvalue weighted by Gasteiger charge is 2.30. The van der Waals surface area contributed by atoms with Gasteiger partial charge in [0.2, 0.25) is 5.95 Å². The second kappa shape index (κ2) is 8.55. The summed E-state index contributed by atoms with van der Waals surface area (Å²) in [6.45, 7) is 2.48. The van der Waals surface area contributed by atoms with Gasteiger partial charge in [0, 0.05) is 42.3 Å². The third-order valence-corrected chi connectivity index (χ3v) is 3.61. The van der Waals surface area contributed by atoms with Crippen LogP contribution in [0.25, 0.3) is 0 Å². The second-order valence-corrected chi connectivity index (χ2v) is 5.91. The van der Waals surface area contributed by atoms with E-state index < -0.39 is 6.36 Å². The minimum atomic E-state index is -4.72. The maximum absolute atomic E-state index is 12.2. The third kappa shape index (κ3) is 6.11. The first-order valence-electron chi connectivity index (χ1n) is 8.50. The summed E-state index contributed by atoms with van der Waals surface area (Å²) >= 11 is 0. The monoisotopic (exact) mass is 389 g/mol. The Balaban J connectivity index is 1.61. The maximum Gasteiger partial charge on any atom is 0.573 e. The Morgan fingerprint density at radius 3 is 2.50 bits per heavy atom. The number of aromatic nitrogens is 3. The summed E-state index contributed by atoms with van der Waals surface area (Å²) < 4.78 is 40.5. The number of pyridine rings is 1. The van der Waals surface area contributed by atoms with Crippen LogP contribution in [0.2, 0.25) is 0 Å². The van der Waals surface area contributed by atoms with Gasteiger partial charge >= 0.3 is 6.36 Å². The fourth-order valence-corrected chi connectivity index (χ4v) is 2.45. The quantitative estimate of drug-likeness (QED) is 0.621. The molecule has 146 valence electrons. The first-order chi connectivity index (χ1) is 13.4. The lowest BCUT2D eigenvalue weighted by atomic mass is 10.3. The molecule has 0 atom stereocenters. The highest BCUT2D eigenvalue weighted by atomic mass is 19.4. The van der Waals surface area contributed by atoms with Gasteiger partial charge in [0.05, 0.1) is 0 Å². The molecule has 28 heavy (non-hydrogen) atoms. The number of halogens is 3. The zero-order valence-electron chi connectivity index (χ0n) is 15.0. The van der Waals surface area contributed by atoms with Crippen molar-refractivity contribution in [3.8, 4) is 5.75 Å². The average Bonchev–Trinajstić information content (AvgIpc) is 2.63. The minimum Gasteiger partial charge on any atom is -0.406 e. The molecule has 0 fully saturated rings. The van der Waals surface area contributed by atoms with Crippen molar-refractivity contribution >= 4 is 17.5 Å². The topological polar surface area (TPSA) is 72.0 Å². The molecule has 0 aliphatic rings. The molecule has 0 spiro atoms. The van der Waals surface area contributed by atoms with Crippen molar-refractivity contribution in [2.24, 2.45) is 0 Å². The molecule has 2 N–H and O–H groups in total. The van der Waals surface area contributed by atoms with Crippen LogP contribution < -0.4 is 15.4 Å². The predicted octanol–water partition coefficient (Wildman–Crippen LogP) is 4.48. The Labute approximate surface area is 159 Å². The van der Waals surface area contributed by atoms with Crippen LogP contribution in [0.15, 0.2) is 54.7 Å². The molecular weight excluding hydrogens is 371 g/mol. The van der Waals surface area contributed by atoms with Crippen molar-refractivity contribution in [3.63, 3.8) is 0 Å². The number of benzene rings is 1. The molecule has 0 saturated heterocycles. The lowest BCUT2D eigenvalue weighted by molar-refractivity contribution is -0.274. The molecule has 0 unspecified atom stereocenters. The molecule has 0 aliphatic carbocycles. The van der Waals surface area contributed by atoms with E-state index in [1.807, 2.05) is 31.2 Å². The van der Waals surface area contributed by atoms with E-state index in [4.69, 9.17) is 0 Å². The maximum atomic E-state index is 12.2. The van der Waals surface area contributed by atoms with Gasteiger partial charge in [-0.2, -0.15) is 4.98 Å². The number of rotatable bonds is 7. The lowest BCUT2D eigenvalue weighted by Crippen LogP contribution is -2.17. The summed E-state index contributed by atoms with van der Waals surface area (Å²) in [5, 5.41) is 6.19. The van der Waals surface area contributed by atoms with Gasteiger partial charge in [-0.3, -0.25) is 4.98 Å². The van der Waals surface area contributed by atoms with Crippen molar-refractivity contribution in [1.29, 1.82) is 0 Å². The van der Waals surface area contributed by atoms with Gasteiger partial charge in [-0.25, -0.2) is 4.98 Å². The molecule has 0 saturated carbocycles. The fourth-order valence-electron chi connectivity index (χ4n) is 2.45. The number of hydrogen-bond acceptors (Lipinski definition) is 6. The smallest absolute Gasteiger partial charge is 0.406 e. The van der Waals surface area contributed by atoms with E-state index in [1.165, 1.54) is 24.3 Å². The van der Waals surface area contributed by atoms with E-state index in [0.717, 1.165) is 17.8 Å². The number of ether oxygens (including phenoxy) is 1. The highest BCUT2D eigenvalue weighted by molar-refractivity contribution is 5.56. The van der Waals surface area contributed by atoms with Crippen molar-refractivity contribution in [2.45, 2.75) is 19.7 Å². The van der Waals surface area contributed by atoms with Crippen molar-refractivity contribution in [1.82, 2.24) is 15.0 Å². The van der Waals surface area contributed by atoms with E-state index >= 15 is 0 Å². The third-order valence-electron chi connectivity index (χ3n) is 3.61. The van der Waals surface area contributed by atoms with Crippen LogP contribution in [0, 0.1) is 6.92 Å². The molecular formula is C19H18F3N5O. The summed E-state index contributed by atoms with van der Waals surface area (Å²) in [6.07, 6.45) is -2.23. The Morgan fingerprint density at radius 2 is 1.82 bits per heavy atom. The van der Waals surface area contributed by atoms with Crippen molar-refractivity contribution in [2.75, 3.05) is 17.2 Å². The normalized spacial score (nSPS) is 11.1. The van der Waals surface area contributed by atoms with Crippen LogP contribution in [0.1, 0.15) is 11.4 Å². The van der Waals surface area contributed by atoms with Gasteiger partial charge in [0.15, 0.2) is 0 Å². The van der Waals surface area contributed by atoms with Gasteiger partial charge in [-0.1, -0.05) is 6.07 Å². The number of alkyl halides is 3. The highest BCUT2D eigenvalue weighted by Crippen LogP contribution is 2.25. The second-order valence-electron chi connectivity index (χ2n) is 5.91. The van der Waals surface area contributed by atoms with Crippen molar-refractivity contribution < 1.29 is 17.9 Å². The van der Waals surface area contributed by atoms with E-state index in [-0.39, 0.29) is 5.75 Å². The van der Waals surface area contributed by atoms with Crippen LogP contribution in [0.5, 0.6) is 5.75 Å². The van der Waals surface area contributed by atoms with Gasteiger partial charge in [-0.05, 0) is 43.3 Å². The molecule has 9 heteroatoms. The van der Waals surface area contributed by atoms with E-state index in [1.54, 1.807) is 6.20 Å². The Morgan fingerprint density at radius 1 is 1.04 bits per heavy atom. The molecule has 0 aliphatic heterocycles. The van der Waals surface area contributed by atoms with Gasteiger partial charge in [-0.15, -0.1) is 13.2 Å². The Kier molecular flexibility index (Phi) is 5.93. The van der Waals surface area contributed by atoms with Crippen molar-refractivity contribution in [3.05, 3.63) is 66.1 Å². The SMILES string of the molecule is Cc1cc(NCCc2ccccn2)nc(Nc2ccc(OC(F)(F)F)cc2)n1. The molecule has 1 aromatic carbocycles. The molecule has 0 radical (unpaired) electrons. The molecule has 3 rings (SSSR count). The molecule has 3 aromatic rings. The molecule has 2 heterocycles. The largest absolute Gasteiger partial charge is 0.573 e. The van der Waals surface area contributed by atoms with Crippen LogP contribution >= 0.6 is 0 Å². The number of anilines is 3. The fraction of sp³-hybridized carbons (Fsp3) is 0.211. The summed E-state index contributed by atoms with van der Waals surface area (Å²) in [5.41, 5.74) is 2.26. The number of aryl methyl sites for hydroxylation is 1. The Bertz CT molecular complexity index is 902. The summed E-state index contributed by atoms with van der Waals surface area (Å²) in [4.78, 5) is 12.9. The zero-order chi connectivity index (χ0) is 20.0. The van der Waals surface area contributed by atoms with Crippen LogP contribution in [-0.2, 0) is 6.42 Å². The molecule has 2 aromatic heterocycles. The van der Waals surface area contributed by atoms with E-state index in [2.05, 4.69) is 30.3 Å². The molecule has 0 bridgehead atoms. The number of nitrogens with zero attached hydrogens (tertiary/aromatic N) is 3. The first kappa shape index (κ1) is 19.4. The molecule has 0 amide bonds. The van der Waals surface area contributed by atoms with Crippen LogP contribution in [0.4, 0.5) is 30.6 Å².